The molecule has 2 aromatic rings. The largest absolute Gasteiger partial charge is 0.422 e. The van der Waals surface area contributed by atoms with E-state index < -0.39 is 41.2 Å². The molecule has 3 rings (SSSR count). The van der Waals surface area contributed by atoms with E-state index in [1.54, 1.807) is 6.07 Å². The van der Waals surface area contributed by atoms with Crippen molar-refractivity contribution in [2.45, 2.75) is 56.4 Å². The average molecular weight is 418 g/mol. The van der Waals surface area contributed by atoms with Crippen LogP contribution in [0.15, 0.2) is 30.3 Å². The van der Waals surface area contributed by atoms with E-state index in [9.17, 15) is 27.8 Å². The minimum Gasteiger partial charge on any atom is -0.393 e. The molecule has 2 N–H and O–H groups in total. The monoisotopic (exact) mass is 417 g/mol. The van der Waals surface area contributed by atoms with E-state index in [4.69, 9.17) is 11.6 Å². The fraction of sp³-hybridized carbons (Fsp3) is 0.450. The van der Waals surface area contributed by atoms with E-state index in [1.807, 2.05) is 6.92 Å². The van der Waals surface area contributed by atoms with Gasteiger partial charge in [0.1, 0.15) is 5.82 Å². The molecule has 0 saturated heterocycles. The predicted molar refractivity (Wildman–Crippen MR) is 97.5 cm³/mol. The van der Waals surface area contributed by atoms with Crippen molar-refractivity contribution in [2.24, 2.45) is 0 Å². The van der Waals surface area contributed by atoms with Crippen molar-refractivity contribution < 1.29 is 27.8 Å². The maximum Gasteiger partial charge on any atom is 0.422 e. The first-order valence-electron chi connectivity index (χ1n) is 8.85. The summed E-state index contributed by atoms with van der Waals surface area (Å²) >= 11 is 5.82. The van der Waals surface area contributed by atoms with Crippen LogP contribution in [0.3, 0.4) is 0 Å². The zero-order chi connectivity index (χ0) is 20.9. The summed E-state index contributed by atoms with van der Waals surface area (Å²) in [6.45, 7) is 3.06. The summed E-state index contributed by atoms with van der Waals surface area (Å²) in [6.07, 6.45) is -5.30. The van der Waals surface area contributed by atoms with Gasteiger partial charge in [0, 0.05) is 5.56 Å². The second kappa shape index (κ2) is 6.97. The Hall–Kier alpha value is -1.70. The van der Waals surface area contributed by atoms with Gasteiger partial charge in [-0.2, -0.15) is 13.2 Å². The molecule has 1 heterocycles. The van der Waals surface area contributed by atoms with Gasteiger partial charge in [0.25, 0.3) is 0 Å². The predicted octanol–water partition coefficient (Wildman–Crippen LogP) is 5.11. The minimum absolute atomic E-state index is 0.146. The Morgan fingerprint density at radius 1 is 1.21 bits per heavy atom. The third kappa shape index (κ3) is 3.51. The van der Waals surface area contributed by atoms with Crippen LogP contribution in [0.1, 0.15) is 44.4 Å². The number of hydrogen-bond acceptors (Lipinski definition) is 3. The van der Waals surface area contributed by atoms with Crippen LogP contribution in [-0.2, 0) is 11.0 Å². The fourth-order valence-corrected chi connectivity index (χ4v) is 3.82. The number of halogens is 5. The Balaban J connectivity index is 2.21. The molecule has 1 fully saturated rings. The number of aliphatic hydroxyl groups is 2. The van der Waals surface area contributed by atoms with E-state index in [0.29, 0.717) is 24.0 Å². The van der Waals surface area contributed by atoms with E-state index in [1.165, 1.54) is 25.1 Å². The summed E-state index contributed by atoms with van der Waals surface area (Å²) < 4.78 is 54.4. The van der Waals surface area contributed by atoms with Gasteiger partial charge in [-0.25, -0.2) is 9.37 Å². The number of aromatic nitrogens is 1. The van der Waals surface area contributed by atoms with Crippen molar-refractivity contribution in [3.8, 4) is 11.3 Å². The number of rotatable bonds is 4. The van der Waals surface area contributed by atoms with Crippen LogP contribution in [0.4, 0.5) is 17.6 Å². The lowest BCUT2D eigenvalue weighted by molar-refractivity contribution is -0.269. The van der Waals surface area contributed by atoms with Gasteiger partial charge in [0.2, 0.25) is 5.60 Å². The van der Waals surface area contributed by atoms with Gasteiger partial charge < -0.3 is 10.2 Å². The standard InChI is InChI=1S/C20H20ClF4NO2/c1-3-19(28,20(23,24)25)17-8-12(18(2)9-13(27)10-18)7-16(26-17)11-4-5-15(22)14(21)6-11/h4-8,13,27-28H,3,9-10H2,1-2H3. The number of benzene rings is 1. The Morgan fingerprint density at radius 3 is 2.36 bits per heavy atom. The molecule has 1 saturated carbocycles. The molecule has 1 unspecified atom stereocenters. The smallest absolute Gasteiger partial charge is 0.393 e. The van der Waals surface area contributed by atoms with Crippen LogP contribution in [0.25, 0.3) is 11.3 Å². The summed E-state index contributed by atoms with van der Waals surface area (Å²) in [5.41, 5.74) is -3.20. The molecule has 1 aromatic carbocycles. The lowest BCUT2D eigenvalue weighted by atomic mass is 9.64. The first kappa shape index (κ1) is 21.0. The molecule has 1 atom stereocenters. The first-order chi connectivity index (χ1) is 12.9. The molecule has 0 aliphatic heterocycles. The van der Waals surface area contributed by atoms with Crippen LogP contribution in [-0.4, -0.2) is 27.5 Å². The van der Waals surface area contributed by atoms with Gasteiger partial charge >= 0.3 is 6.18 Å². The maximum atomic E-state index is 13.6. The molecule has 152 valence electrons. The van der Waals surface area contributed by atoms with Crippen LogP contribution in [0, 0.1) is 5.82 Å². The molecule has 0 radical (unpaired) electrons. The number of hydrogen-bond donors (Lipinski definition) is 2. The molecule has 0 amide bonds. The van der Waals surface area contributed by atoms with Crippen LogP contribution in [0.5, 0.6) is 0 Å². The zero-order valence-corrected chi connectivity index (χ0v) is 16.1. The van der Waals surface area contributed by atoms with Crippen molar-refractivity contribution in [3.63, 3.8) is 0 Å². The van der Waals surface area contributed by atoms with Crippen LogP contribution >= 0.6 is 11.6 Å². The van der Waals surface area contributed by atoms with Crippen LogP contribution < -0.4 is 0 Å². The molecule has 8 heteroatoms. The van der Waals surface area contributed by atoms with Crippen molar-refractivity contribution >= 4 is 11.6 Å². The van der Waals surface area contributed by atoms with Crippen molar-refractivity contribution in [1.82, 2.24) is 4.98 Å². The van der Waals surface area contributed by atoms with Crippen LogP contribution in [0.2, 0.25) is 5.02 Å². The van der Waals surface area contributed by atoms with Gasteiger partial charge in [-0.1, -0.05) is 25.4 Å². The molecule has 28 heavy (non-hydrogen) atoms. The van der Waals surface area contributed by atoms with Gasteiger partial charge in [0.05, 0.1) is 22.5 Å². The lowest BCUT2D eigenvalue weighted by Gasteiger charge is -2.43. The summed E-state index contributed by atoms with van der Waals surface area (Å²) in [7, 11) is 0. The molecule has 1 aliphatic rings. The summed E-state index contributed by atoms with van der Waals surface area (Å²) in [6, 6.07) is 6.61. The highest BCUT2D eigenvalue weighted by atomic mass is 35.5. The Labute approximate surface area is 165 Å². The Bertz CT molecular complexity index is 896. The van der Waals surface area contributed by atoms with E-state index in [2.05, 4.69) is 4.98 Å². The third-order valence-corrected chi connectivity index (χ3v) is 5.80. The number of pyridine rings is 1. The highest BCUT2D eigenvalue weighted by Crippen LogP contribution is 2.47. The highest BCUT2D eigenvalue weighted by molar-refractivity contribution is 6.31. The van der Waals surface area contributed by atoms with E-state index in [-0.39, 0.29) is 10.7 Å². The van der Waals surface area contributed by atoms with Gasteiger partial charge in [-0.3, -0.25) is 0 Å². The van der Waals surface area contributed by atoms with Gasteiger partial charge in [0.15, 0.2) is 0 Å². The molecule has 1 aliphatic carbocycles. The lowest BCUT2D eigenvalue weighted by Crippen LogP contribution is -2.44. The van der Waals surface area contributed by atoms with E-state index in [0.717, 1.165) is 6.07 Å². The summed E-state index contributed by atoms with van der Waals surface area (Å²) in [5.74, 6) is -0.656. The second-order valence-electron chi connectivity index (χ2n) is 7.59. The Kier molecular flexibility index (Phi) is 5.23. The molecule has 3 nitrogen and oxygen atoms in total. The van der Waals surface area contributed by atoms with Crippen molar-refractivity contribution in [2.75, 3.05) is 0 Å². The first-order valence-corrected chi connectivity index (χ1v) is 9.23. The minimum atomic E-state index is -4.93. The molecule has 1 aromatic heterocycles. The molecular formula is C20H20ClF4NO2. The molecule has 0 spiro atoms. The summed E-state index contributed by atoms with van der Waals surface area (Å²) in [5, 5.41) is 19.9. The normalized spacial score (nSPS) is 24.5. The number of nitrogens with zero attached hydrogens (tertiary/aromatic N) is 1. The molecular weight excluding hydrogens is 398 g/mol. The fourth-order valence-electron chi connectivity index (χ4n) is 3.64. The third-order valence-electron chi connectivity index (χ3n) is 5.51. The van der Waals surface area contributed by atoms with E-state index >= 15 is 0 Å². The quantitative estimate of drug-likeness (QED) is 0.679. The Morgan fingerprint density at radius 2 is 1.86 bits per heavy atom. The SMILES string of the molecule is CCC(O)(c1cc(C2(C)CC(O)C2)cc(-c2ccc(F)c(Cl)c2)n1)C(F)(F)F. The average Bonchev–Trinajstić information content (AvgIpc) is 2.60. The summed E-state index contributed by atoms with van der Waals surface area (Å²) in [4.78, 5) is 4.06. The topological polar surface area (TPSA) is 53.4 Å². The van der Waals surface area contributed by atoms with Gasteiger partial charge in [-0.15, -0.1) is 0 Å². The highest BCUT2D eigenvalue weighted by Gasteiger charge is 2.55. The van der Waals surface area contributed by atoms with Crippen molar-refractivity contribution in [1.29, 1.82) is 0 Å². The number of aliphatic hydroxyl groups excluding tert-OH is 1. The second-order valence-corrected chi connectivity index (χ2v) is 8.00. The maximum absolute atomic E-state index is 13.6. The zero-order valence-electron chi connectivity index (χ0n) is 15.3. The van der Waals surface area contributed by atoms with Crippen molar-refractivity contribution in [3.05, 3.63) is 52.4 Å². The van der Waals surface area contributed by atoms with Gasteiger partial charge in [-0.05, 0) is 60.6 Å². The number of alkyl halides is 3. The molecule has 0 bridgehead atoms.